The lowest BCUT2D eigenvalue weighted by Gasteiger charge is -2.46. The van der Waals surface area contributed by atoms with E-state index in [0.29, 0.717) is 19.5 Å². The molecule has 0 N–H and O–H groups in total. The van der Waals surface area contributed by atoms with Crippen LogP contribution in [0.15, 0.2) is 24.5 Å². The van der Waals surface area contributed by atoms with E-state index < -0.39 is 10.0 Å². The van der Waals surface area contributed by atoms with Crippen LogP contribution < -0.4 is 4.74 Å². The van der Waals surface area contributed by atoms with E-state index in [0.717, 1.165) is 17.9 Å². The molecule has 2 fully saturated rings. The summed E-state index contributed by atoms with van der Waals surface area (Å²) in [5.41, 5.74) is 0. The number of ether oxygens (including phenoxy) is 1. The van der Waals surface area contributed by atoms with Crippen LogP contribution in [0.5, 0.6) is 5.75 Å². The second kappa shape index (κ2) is 5.78. The number of nitrogens with zero attached hydrogens (tertiary/aromatic N) is 2. The van der Waals surface area contributed by atoms with Crippen molar-refractivity contribution in [3.63, 3.8) is 0 Å². The molecule has 2 aliphatic rings. The Balaban J connectivity index is 1.55. The van der Waals surface area contributed by atoms with E-state index in [1.807, 2.05) is 30.8 Å². The average molecular weight is 328 g/mol. The van der Waals surface area contributed by atoms with Gasteiger partial charge in [-0.15, -0.1) is 11.8 Å². The minimum absolute atomic E-state index is 0.0632. The molecule has 1 spiro atoms. The molecule has 5 nitrogen and oxygen atoms in total. The molecule has 1 atom stereocenters. The Bertz CT molecular complexity index is 585. The SMILES string of the molecule is CCCS(=O)(=O)N1CC2(C[C@@H](Oc3cccnc3)CS2)C1. The molecule has 0 bridgehead atoms. The molecule has 0 unspecified atom stereocenters. The molecule has 0 aliphatic carbocycles. The summed E-state index contributed by atoms with van der Waals surface area (Å²) in [5, 5.41) is 0. The Morgan fingerprint density at radius 3 is 3.00 bits per heavy atom. The lowest BCUT2D eigenvalue weighted by Crippen LogP contribution is -2.61. The molecular weight excluding hydrogens is 308 g/mol. The molecule has 7 heteroatoms. The van der Waals surface area contributed by atoms with Gasteiger partial charge in [0.2, 0.25) is 10.0 Å². The van der Waals surface area contributed by atoms with E-state index in [2.05, 4.69) is 4.98 Å². The highest BCUT2D eigenvalue weighted by Crippen LogP contribution is 2.47. The van der Waals surface area contributed by atoms with Crippen molar-refractivity contribution in [1.82, 2.24) is 9.29 Å². The van der Waals surface area contributed by atoms with Gasteiger partial charge >= 0.3 is 0 Å². The first-order chi connectivity index (χ1) is 10.0. The Morgan fingerprint density at radius 2 is 2.33 bits per heavy atom. The van der Waals surface area contributed by atoms with Crippen LogP contribution in [0, 0.1) is 0 Å². The Kier molecular flexibility index (Phi) is 4.16. The fourth-order valence-electron chi connectivity index (χ4n) is 2.89. The van der Waals surface area contributed by atoms with Crippen LogP contribution in [0.1, 0.15) is 19.8 Å². The van der Waals surface area contributed by atoms with Gasteiger partial charge in [-0.05, 0) is 18.6 Å². The van der Waals surface area contributed by atoms with Crippen LogP contribution in [0.3, 0.4) is 0 Å². The van der Waals surface area contributed by atoms with E-state index >= 15 is 0 Å². The third-order valence-electron chi connectivity index (χ3n) is 3.90. The third-order valence-corrected chi connectivity index (χ3v) is 7.44. The highest BCUT2D eigenvalue weighted by molar-refractivity contribution is 8.01. The number of rotatable bonds is 5. The summed E-state index contributed by atoms with van der Waals surface area (Å²) >= 11 is 1.85. The fourth-order valence-corrected chi connectivity index (χ4v) is 6.24. The molecule has 0 radical (unpaired) electrons. The molecule has 21 heavy (non-hydrogen) atoms. The maximum absolute atomic E-state index is 12.0. The summed E-state index contributed by atoms with van der Waals surface area (Å²) in [5.74, 6) is 1.95. The van der Waals surface area contributed by atoms with E-state index in [9.17, 15) is 8.42 Å². The number of sulfonamides is 1. The molecule has 1 aromatic heterocycles. The van der Waals surface area contributed by atoms with Gasteiger partial charge in [0.25, 0.3) is 0 Å². The number of aromatic nitrogens is 1. The lowest BCUT2D eigenvalue weighted by molar-refractivity contribution is 0.159. The van der Waals surface area contributed by atoms with Crippen LogP contribution >= 0.6 is 11.8 Å². The summed E-state index contributed by atoms with van der Waals surface area (Å²) in [7, 11) is -3.04. The second-order valence-corrected chi connectivity index (χ2v) is 9.29. The number of thioether (sulfide) groups is 1. The summed E-state index contributed by atoms with van der Waals surface area (Å²) in [6, 6.07) is 3.76. The van der Waals surface area contributed by atoms with Crippen LogP contribution in [-0.2, 0) is 10.0 Å². The normalized spacial score (nSPS) is 24.9. The topological polar surface area (TPSA) is 59.5 Å². The predicted molar refractivity (Wildman–Crippen MR) is 84.1 cm³/mol. The van der Waals surface area contributed by atoms with Crippen molar-refractivity contribution in [2.75, 3.05) is 24.6 Å². The molecule has 0 saturated carbocycles. The zero-order chi connectivity index (χ0) is 14.9. The zero-order valence-electron chi connectivity index (χ0n) is 12.1. The third kappa shape index (κ3) is 3.19. The monoisotopic (exact) mass is 328 g/mol. The largest absolute Gasteiger partial charge is 0.488 e. The van der Waals surface area contributed by atoms with Crippen molar-refractivity contribution in [2.24, 2.45) is 0 Å². The minimum atomic E-state index is -3.04. The molecule has 0 aromatic carbocycles. The van der Waals surface area contributed by atoms with Crippen LogP contribution in [0.2, 0.25) is 0 Å². The fraction of sp³-hybridized carbons (Fsp3) is 0.643. The van der Waals surface area contributed by atoms with E-state index in [1.165, 1.54) is 0 Å². The van der Waals surface area contributed by atoms with E-state index in [1.54, 1.807) is 16.7 Å². The second-order valence-electron chi connectivity index (χ2n) is 5.71. The van der Waals surface area contributed by atoms with Gasteiger partial charge < -0.3 is 4.74 Å². The summed E-state index contributed by atoms with van der Waals surface area (Å²) in [6.07, 6.45) is 5.17. The van der Waals surface area contributed by atoms with Crippen molar-refractivity contribution in [1.29, 1.82) is 0 Å². The van der Waals surface area contributed by atoms with Crippen molar-refractivity contribution in [3.05, 3.63) is 24.5 Å². The van der Waals surface area contributed by atoms with E-state index in [-0.39, 0.29) is 16.6 Å². The Hall–Kier alpha value is -0.790. The molecule has 2 aliphatic heterocycles. The van der Waals surface area contributed by atoms with Crippen molar-refractivity contribution in [3.8, 4) is 5.75 Å². The van der Waals surface area contributed by atoms with Gasteiger partial charge in [-0.1, -0.05) is 6.92 Å². The van der Waals surface area contributed by atoms with Crippen LogP contribution in [0.4, 0.5) is 0 Å². The maximum atomic E-state index is 12.0. The summed E-state index contributed by atoms with van der Waals surface area (Å²) < 4.78 is 31.6. The van der Waals surface area contributed by atoms with Gasteiger partial charge in [0.15, 0.2) is 0 Å². The first-order valence-corrected chi connectivity index (χ1v) is 9.81. The van der Waals surface area contributed by atoms with Crippen molar-refractivity contribution < 1.29 is 13.2 Å². The summed E-state index contributed by atoms with van der Waals surface area (Å²) in [4.78, 5) is 4.04. The first kappa shape index (κ1) is 15.1. The zero-order valence-corrected chi connectivity index (χ0v) is 13.7. The molecule has 116 valence electrons. The van der Waals surface area contributed by atoms with Crippen LogP contribution in [0.25, 0.3) is 0 Å². The van der Waals surface area contributed by atoms with Gasteiger partial charge in [-0.2, -0.15) is 4.31 Å². The van der Waals surface area contributed by atoms with Gasteiger partial charge in [-0.3, -0.25) is 4.98 Å². The number of pyridine rings is 1. The lowest BCUT2D eigenvalue weighted by atomic mass is 9.95. The average Bonchev–Trinajstić information content (AvgIpc) is 2.82. The predicted octanol–water partition coefficient (Wildman–Crippen LogP) is 1.76. The molecular formula is C14H20N2O3S2. The molecule has 2 saturated heterocycles. The quantitative estimate of drug-likeness (QED) is 0.824. The highest BCUT2D eigenvalue weighted by Gasteiger charge is 2.53. The maximum Gasteiger partial charge on any atom is 0.214 e. The van der Waals surface area contributed by atoms with Crippen molar-refractivity contribution in [2.45, 2.75) is 30.6 Å². The van der Waals surface area contributed by atoms with Crippen LogP contribution in [-0.4, -0.2) is 53.2 Å². The van der Waals surface area contributed by atoms with Gasteiger partial charge in [0, 0.05) is 36.2 Å². The Morgan fingerprint density at radius 1 is 1.52 bits per heavy atom. The van der Waals surface area contributed by atoms with Gasteiger partial charge in [-0.25, -0.2) is 8.42 Å². The molecule has 1 aromatic rings. The van der Waals surface area contributed by atoms with Gasteiger partial charge in [0.1, 0.15) is 11.9 Å². The van der Waals surface area contributed by atoms with E-state index in [4.69, 9.17) is 4.74 Å². The van der Waals surface area contributed by atoms with Crippen molar-refractivity contribution >= 4 is 21.8 Å². The standard InChI is InChI=1S/C14H20N2O3S2/c1-2-6-21(17,18)16-10-14(11-16)7-13(9-20-14)19-12-4-3-5-15-8-12/h3-5,8,13H,2,6-7,9-11H2,1H3/t13-/m1/s1. The highest BCUT2D eigenvalue weighted by atomic mass is 32.2. The minimum Gasteiger partial charge on any atom is -0.488 e. The molecule has 0 amide bonds. The Labute approximate surface area is 130 Å². The molecule has 3 rings (SSSR count). The smallest absolute Gasteiger partial charge is 0.214 e. The number of hydrogen-bond donors (Lipinski definition) is 0. The van der Waals surface area contributed by atoms with Gasteiger partial charge in [0.05, 0.1) is 11.9 Å². The molecule has 3 heterocycles. The summed E-state index contributed by atoms with van der Waals surface area (Å²) in [6.45, 7) is 3.16. The number of hydrogen-bond acceptors (Lipinski definition) is 5. The first-order valence-electron chi connectivity index (χ1n) is 7.21.